The Labute approximate surface area is 98.8 Å². The van der Waals surface area contributed by atoms with E-state index in [0.717, 1.165) is 31.6 Å². The number of hydrogen-bond donors (Lipinski definition) is 1. The van der Waals surface area contributed by atoms with Crippen LogP contribution in [0.2, 0.25) is 0 Å². The van der Waals surface area contributed by atoms with E-state index in [0.29, 0.717) is 0 Å². The zero-order chi connectivity index (χ0) is 11.8. The Hall–Kier alpha value is -1.02. The van der Waals surface area contributed by atoms with Gasteiger partial charge in [0.05, 0.1) is 6.61 Å². The highest BCUT2D eigenvalue weighted by atomic mass is 16.5. The Morgan fingerprint density at radius 3 is 2.38 bits per heavy atom. The number of benzene rings is 1. The van der Waals surface area contributed by atoms with Gasteiger partial charge in [0, 0.05) is 6.04 Å². The molecule has 0 aliphatic carbocycles. The second kappa shape index (κ2) is 7.29. The van der Waals surface area contributed by atoms with Gasteiger partial charge in [-0.25, -0.2) is 0 Å². The van der Waals surface area contributed by atoms with Crippen LogP contribution < -0.4 is 10.5 Å². The average molecular weight is 221 g/mol. The van der Waals surface area contributed by atoms with E-state index in [1.807, 2.05) is 12.1 Å². The van der Waals surface area contributed by atoms with Gasteiger partial charge in [-0.2, -0.15) is 0 Å². The molecule has 0 saturated carbocycles. The van der Waals surface area contributed by atoms with Crippen LogP contribution >= 0.6 is 0 Å². The molecule has 0 amide bonds. The minimum absolute atomic E-state index is 0.162. The summed E-state index contributed by atoms with van der Waals surface area (Å²) in [5.41, 5.74) is 7.24. The first-order chi connectivity index (χ1) is 7.77. The normalized spacial score (nSPS) is 12.4. The lowest BCUT2D eigenvalue weighted by atomic mass is 10.0. The number of hydrogen-bond acceptors (Lipinski definition) is 2. The minimum Gasteiger partial charge on any atom is -0.494 e. The van der Waals surface area contributed by atoms with E-state index in [4.69, 9.17) is 10.5 Å². The number of ether oxygens (including phenoxy) is 1. The fraction of sp³-hybridized carbons (Fsp3) is 0.571. The van der Waals surface area contributed by atoms with Gasteiger partial charge >= 0.3 is 0 Å². The van der Waals surface area contributed by atoms with Crippen LogP contribution in [0.4, 0.5) is 0 Å². The van der Waals surface area contributed by atoms with Crippen molar-refractivity contribution >= 4 is 0 Å². The molecule has 1 atom stereocenters. The molecule has 2 nitrogen and oxygen atoms in total. The van der Waals surface area contributed by atoms with Crippen molar-refractivity contribution in [2.75, 3.05) is 6.61 Å². The Balaban J connectivity index is 2.47. The van der Waals surface area contributed by atoms with E-state index in [1.54, 1.807) is 0 Å². The third kappa shape index (κ3) is 4.23. The molecule has 0 fully saturated rings. The molecule has 1 rings (SSSR count). The van der Waals surface area contributed by atoms with Gasteiger partial charge in [0.15, 0.2) is 0 Å². The van der Waals surface area contributed by atoms with Gasteiger partial charge in [0.2, 0.25) is 0 Å². The molecule has 0 heterocycles. The summed E-state index contributed by atoms with van der Waals surface area (Å²) in [4.78, 5) is 0. The van der Waals surface area contributed by atoms with Crippen molar-refractivity contribution in [3.63, 3.8) is 0 Å². The molecule has 2 heteroatoms. The zero-order valence-corrected chi connectivity index (χ0v) is 10.4. The molecule has 1 aromatic carbocycles. The summed E-state index contributed by atoms with van der Waals surface area (Å²) >= 11 is 0. The van der Waals surface area contributed by atoms with Gasteiger partial charge in [-0.05, 0) is 30.5 Å². The monoisotopic (exact) mass is 221 g/mol. The Kier molecular flexibility index (Phi) is 5.94. The van der Waals surface area contributed by atoms with Crippen LogP contribution in [-0.2, 0) is 0 Å². The third-order valence-electron chi connectivity index (χ3n) is 2.67. The predicted molar refractivity (Wildman–Crippen MR) is 68.7 cm³/mol. The van der Waals surface area contributed by atoms with Gasteiger partial charge in [-0.15, -0.1) is 0 Å². The topological polar surface area (TPSA) is 35.2 Å². The predicted octanol–water partition coefficient (Wildman–Crippen LogP) is 3.67. The fourth-order valence-electron chi connectivity index (χ4n) is 1.62. The molecule has 1 unspecified atom stereocenters. The molecule has 16 heavy (non-hydrogen) atoms. The van der Waals surface area contributed by atoms with Gasteiger partial charge in [-0.3, -0.25) is 0 Å². The molecule has 0 aliphatic heterocycles. The molecule has 0 spiro atoms. The quantitative estimate of drug-likeness (QED) is 0.713. The van der Waals surface area contributed by atoms with Crippen LogP contribution in [0.25, 0.3) is 0 Å². The van der Waals surface area contributed by atoms with Gasteiger partial charge in [-0.1, -0.05) is 38.8 Å². The Morgan fingerprint density at radius 1 is 1.12 bits per heavy atom. The molecule has 0 aliphatic rings. The van der Waals surface area contributed by atoms with Gasteiger partial charge in [0.1, 0.15) is 5.75 Å². The maximum absolute atomic E-state index is 6.04. The average Bonchev–Trinajstić information content (AvgIpc) is 2.30. The van der Waals surface area contributed by atoms with E-state index < -0.39 is 0 Å². The molecule has 2 N–H and O–H groups in total. The van der Waals surface area contributed by atoms with Crippen LogP contribution in [-0.4, -0.2) is 6.61 Å². The van der Waals surface area contributed by atoms with Crippen LogP contribution in [0.15, 0.2) is 24.3 Å². The number of nitrogens with two attached hydrogens (primary N) is 1. The summed E-state index contributed by atoms with van der Waals surface area (Å²) in [7, 11) is 0. The Bertz CT molecular complexity index is 281. The lowest BCUT2D eigenvalue weighted by Gasteiger charge is -2.11. The van der Waals surface area contributed by atoms with Crippen LogP contribution in [0, 0.1) is 0 Å². The fourth-order valence-corrected chi connectivity index (χ4v) is 1.62. The van der Waals surface area contributed by atoms with Crippen molar-refractivity contribution < 1.29 is 4.74 Å². The third-order valence-corrected chi connectivity index (χ3v) is 2.67. The first-order valence-electron chi connectivity index (χ1n) is 6.26. The summed E-state index contributed by atoms with van der Waals surface area (Å²) in [6, 6.07) is 8.33. The van der Waals surface area contributed by atoms with E-state index in [-0.39, 0.29) is 6.04 Å². The maximum Gasteiger partial charge on any atom is 0.119 e. The SMILES string of the molecule is CCCCOc1ccc(C(N)CCC)cc1. The molecule has 0 aromatic heterocycles. The largest absolute Gasteiger partial charge is 0.494 e. The van der Waals surface area contributed by atoms with Crippen molar-refractivity contribution in [1.82, 2.24) is 0 Å². The molecule has 90 valence electrons. The second-order valence-electron chi connectivity index (χ2n) is 4.17. The summed E-state index contributed by atoms with van der Waals surface area (Å²) < 4.78 is 5.60. The van der Waals surface area contributed by atoms with E-state index in [2.05, 4.69) is 26.0 Å². The number of rotatable bonds is 7. The summed E-state index contributed by atoms with van der Waals surface area (Å²) in [6.07, 6.45) is 4.43. The molecule has 0 saturated heterocycles. The lowest BCUT2D eigenvalue weighted by molar-refractivity contribution is 0.309. The lowest BCUT2D eigenvalue weighted by Crippen LogP contribution is -2.09. The molecule has 1 aromatic rings. The van der Waals surface area contributed by atoms with Crippen molar-refractivity contribution in [2.45, 2.75) is 45.6 Å². The second-order valence-corrected chi connectivity index (χ2v) is 4.17. The van der Waals surface area contributed by atoms with Crippen LogP contribution in [0.5, 0.6) is 5.75 Å². The van der Waals surface area contributed by atoms with Crippen molar-refractivity contribution in [3.8, 4) is 5.75 Å². The highest BCUT2D eigenvalue weighted by Gasteiger charge is 2.04. The van der Waals surface area contributed by atoms with E-state index in [9.17, 15) is 0 Å². The van der Waals surface area contributed by atoms with Crippen molar-refractivity contribution in [2.24, 2.45) is 5.73 Å². The van der Waals surface area contributed by atoms with Crippen molar-refractivity contribution in [1.29, 1.82) is 0 Å². The maximum atomic E-state index is 6.04. The first-order valence-corrected chi connectivity index (χ1v) is 6.26. The van der Waals surface area contributed by atoms with E-state index >= 15 is 0 Å². The van der Waals surface area contributed by atoms with Crippen molar-refractivity contribution in [3.05, 3.63) is 29.8 Å². The van der Waals surface area contributed by atoms with Crippen LogP contribution in [0.3, 0.4) is 0 Å². The molecular formula is C14H23NO. The standard InChI is InChI=1S/C14H23NO/c1-3-5-11-16-13-9-7-12(8-10-13)14(15)6-4-2/h7-10,14H,3-6,11,15H2,1-2H3. The van der Waals surface area contributed by atoms with Crippen LogP contribution in [0.1, 0.15) is 51.1 Å². The summed E-state index contributed by atoms with van der Waals surface area (Å²) in [5, 5.41) is 0. The summed E-state index contributed by atoms with van der Waals surface area (Å²) in [5.74, 6) is 0.945. The Morgan fingerprint density at radius 2 is 1.81 bits per heavy atom. The zero-order valence-electron chi connectivity index (χ0n) is 10.4. The first kappa shape index (κ1) is 13.0. The molecule has 0 bridgehead atoms. The highest BCUT2D eigenvalue weighted by Crippen LogP contribution is 2.19. The molecule has 0 radical (unpaired) electrons. The van der Waals surface area contributed by atoms with Gasteiger partial charge < -0.3 is 10.5 Å². The summed E-state index contributed by atoms with van der Waals surface area (Å²) in [6.45, 7) is 5.12. The highest BCUT2D eigenvalue weighted by molar-refractivity contribution is 5.28. The van der Waals surface area contributed by atoms with Gasteiger partial charge in [0.25, 0.3) is 0 Å². The minimum atomic E-state index is 0.162. The van der Waals surface area contributed by atoms with E-state index in [1.165, 1.54) is 12.0 Å². The smallest absolute Gasteiger partial charge is 0.119 e. The molecular weight excluding hydrogens is 198 g/mol. The number of unbranched alkanes of at least 4 members (excludes halogenated alkanes) is 1.